The van der Waals surface area contributed by atoms with Gasteiger partial charge in [-0.15, -0.1) is 0 Å². The number of rotatable bonds is 12. The smallest absolute Gasteiger partial charge is 0.410 e. The summed E-state index contributed by atoms with van der Waals surface area (Å²) >= 11 is 14.3. The third-order valence-electron chi connectivity index (χ3n) is 9.31. The molecule has 1 aliphatic heterocycles. The van der Waals surface area contributed by atoms with Gasteiger partial charge in [0, 0.05) is 72.2 Å². The van der Waals surface area contributed by atoms with Gasteiger partial charge in [0.25, 0.3) is 5.56 Å². The number of carbonyl (C=O) groups is 2. The lowest BCUT2D eigenvalue weighted by atomic mass is 9.97. The zero-order chi connectivity index (χ0) is 40.5. The maximum atomic E-state index is 14.0. The zero-order valence-corrected chi connectivity index (χ0v) is 34.0. The topological polar surface area (TPSA) is 132 Å². The van der Waals surface area contributed by atoms with E-state index in [0.29, 0.717) is 79.2 Å². The Balaban J connectivity index is 1.29. The van der Waals surface area contributed by atoms with Gasteiger partial charge in [-0.2, -0.15) is 5.10 Å². The van der Waals surface area contributed by atoms with E-state index in [0.717, 1.165) is 0 Å². The van der Waals surface area contributed by atoms with Crippen LogP contribution in [0.3, 0.4) is 0 Å². The number of nitrogens with zero attached hydrogens (tertiary/aromatic N) is 5. The van der Waals surface area contributed by atoms with Crippen LogP contribution in [0.1, 0.15) is 58.8 Å². The molecule has 0 bridgehead atoms. The molecule has 1 aliphatic rings. The molecule has 0 aliphatic carbocycles. The lowest BCUT2D eigenvalue weighted by Gasteiger charge is -2.29. The van der Waals surface area contributed by atoms with Gasteiger partial charge in [-0.3, -0.25) is 14.2 Å². The lowest BCUT2D eigenvalue weighted by Crippen LogP contribution is -2.43. The average molecular weight is 807 g/mol. The highest BCUT2D eigenvalue weighted by Gasteiger charge is 2.29. The Labute approximate surface area is 334 Å². The van der Waals surface area contributed by atoms with Crippen molar-refractivity contribution in [2.45, 2.75) is 77.9 Å². The van der Waals surface area contributed by atoms with Crippen LogP contribution in [0.15, 0.2) is 65.6 Å². The Morgan fingerprint density at radius 1 is 1.02 bits per heavy atom. The average Bonchev–Trinajstić information content (AvgIpc) is 3.75. The highest BCUT2D eigenvalue weighted by Crippen LogP contribution is 2.42. The van der Waals surface area contributed by atoms with Crippen molar-refractivity contribution < 1.29 is 23.5 Å². The molecule has 0 unspecified atom stereocenters. The molecule has 2 aromatic carbocycles. The molecule has 1 fully saturated rings. The van der Waals surface area contributed by atoms with Crippen molar-refractivity contribution in [2.75, 3.05) is 20.2 Å². The first kappa shape index (κ1) is 40.7. The van der Waals surface area contributed by atoms with Gasteiger partial charge in [0.15, 0.2) is 0 Å². The minimum atomic E-state index is -1.41. The normalized spacial score (nSPS) is 14.6. The Bertz CT molecular complexity index is 2350. The van der Waals surface area contributed by atoms with E-state index >= 15 is 0 Å². The molecule has 0 saturated carbocycles. The molecule has 15 heteroatoms. The molecule has 4 heterocycles. The molecule has 1 saturated heterocycles. The number of amides is 2. The van der Waals surface area contributed by atoms with Crippen molar-refractivity contribution >= 4 is 40.7 Å². The number of hydrogen-bond donors (Lipinski definition) is 2. The Morgan fingerprint density at radius 3 is 2.30 bits per heavy atom. The first-order valence-electron chi connectivity index (χ1n) is 18.3. The van der Waals surface area contributed by atoms with E-state index in [9.17, 15) is 18.8 Å². The van der Waals surface area contributed by atoms with Gasteiger partial charge in [-0.05, 0) is 59.2 Å². The first-order valence-corrected chi connectivity index (χ1v) is 19.1. The van der Waals surface area contributed by atoms with E-state index in [-0.39, 0.29) is 43.7 Å². The summed E-state index contributed by atoms with van der Waals surface area (Å²) in [6, 6.07) is 16.4. The summed E-state index contributed by atoms with van der Waals surface area (Å²) in [7, 11) is 3.15. The van der Waals surface area contributed by atoms with Crippen molar-refractivity contribution in [1.29, 1.82) is 0 Å². The number of nitrogens with one attached hydrogen (secondary N) is 2. The van der Waals surface area contributed by atoms with Crippen LogP contribution in [0.5, 0.6) is 5.88 Å². The summed E-state index contributed by atoms with van der Waals surface area (Å²) in [6.45, 7) is 9.09. The second kappa shape index (κ2) is 16.2. The molecule has 12 nitrogen and oxygen atoms in total. The maximum Gasteiger partial charge on any atom is 0.410 e. The van der Waals surface area contributed by atoms with Crippen LogP contribution in [-0.4, -0.2) is 73.6 Å². The highest BCUT2D eigenvalue weighted by molar-refractivity contribution is 6.39. The fourth-order valence-electron chi connectivity index (χ4n) is 6.58. The number of pyridine rings is 1. The molecule has 6 rings (SSSR count). The van der Waals surface area contributed by atoms with Crippen molar-refractivity contribution in [2.24, 2.45) is 7.05 Å². The monoisotopic (exact) mass is 805 g/mol. The summed E-state index contributed by atoms with van der Waals surface area (Å²) < 4.78 is 28.4. The molecule has 56 heavy (non-hydrogen) atoms. The summed E-state index contributed by atoms with van der Waals surface area (Å²) in [4.78, 5) is 44.9. The molecule has 2 N–H and O–H groups in total. The molecule has 5 aromatic rings. The molecule has 0 spiro atoms. The number of benzene rings is 2. The fraction of sp³-hybridized carbons (Fsp3) is 0.390. The zero-order valence-electron chi connectivity index (χ0n) is 32.5. The molecular formula is C41H46Cl2FN7O5. The van der Waals surface area contributed by atoms with Gasteiger partial charge in [0.1, 0.15) is 22.6 Å². The van der Waals surface area contributed by atoms with Crippen molar-refractivity contribution in [3.8, 4) is 39.4 Å². The van der Waals surface area contributed by atoms with E-state index < -0.39 is 17.4 Å². The lowest BCUT2D eigenvalue weighted by molar-refractivity contribution is -0.119. The molecule has 3 aromatic heterocycles. The Morgan fingerprint density at radius 2 is 1.68 bits per heavy atom. The number of halogens is 3. The molecule has 0 radical (unpaired) electrons. The summed E-state index contributed by atoms with van der Waals surface area (Å²) in [5.41, 5.74) is 2.49. The molecule has 1 atom stereocenters. The van der Waals surface area contributed by atoms with E-state index in [2.05, 4.69) is 15.7 Å². The number of fused-ring (bicyclic) bond motifs is 1. The van der Waals surface area contributed by atoms with E-state index in [1.807, 2.05) is 48.5 Å². The third-order valence-corrected chi connectivity index (χ3v) is 10.1. The first-order chi connectivity index (χ1) is 26.4. The highest BCUT2D eigenvalue weighted by atomic mass is 35.5. The van der Waals surface area contributed by atoms with Crippen molar-refractivity contribution in [3.05, 3.63) is 92.6 Å². The second-order valence-corrected chi connectivity index (χ2v) is 16.3. The van der Waals surface area contributed by atoms with E-state index in [1.54, 1.807) is 45.0 Å². The number of methoxy groups -OCH3 is 1. The van der Waals surface area contributed by atoms with Crippen LogP contribution in [0, 0.1) is 0 Å². The van der Waals surface area contributed by atoms with Crippen LogP contribution in [0.2, 0.25) is 10.0 Å². The van der Waals surface area contributed by atoms with Crippen LogP contribution in [-0.2, 0) is 29.7 Å². The largest absolute Gasteiger partial charge is 0.481 e. The van der Waals surface area contributed by atoms with Gasteiger partial charge >= 0.3 is 6.09 Å². The Kier molecular flexibility index (Phi) is 11.8. The standard InChI is InChI=1S/C41H46Cl2FN7O5/c1-40(2,3)56-39(54)50(22-26-15-17-34(52)46-26)20-24-14-16-31(47-37(24)55-7)30-13-9-12-29(36(30)43)28-11-8-10-27(35(28)42)25-18-32-38(53)49(6)33(48-51(32)21-25)19-45-23-41(4,5)44/h8-14,16,18,21,26,45H,15,17,19-20,22-23H2,1-7H3,(H,46,52)/t26-/m0/s1. The Hall–Kier alpha value is -4.98. The van der Waals surface area contributed by atoms with E-state index in [4.69, 9.17) is 37.7 Å². The summed E-state index contributed by atoms with van der Waals surface area (Å²) in [5.74, 6) is 0.714. The van der Waals surface area contributed by atoms with Gasteiger partial charge < -0.3 is 25.0 Å². The quantitative estimate of drug-likeness (QED) is 0.132. The molecule has 2 amide bonds. The van der Waals surface area contributed by atoms with Crippen LogP contribution < -0.4 is 20.9 Å². The number of alkyl halides is 1. The van der Waals surface area contributed by atoms with Gasteiger partial charge in [-0.25, -0.2) is 18.7 Å². The predicted molar refractivity (Wildman–Crippen MR) is 216 cm³/mol. The van der Waals surface area contributed by atoms with Gasteiger partial charge in [0.2, 0.25) is 11.8 Å². The van der Waals surface area contributed by atoms with Gasteiger partial charge in [0.05, 0.1) is 35.9 Å². The number of carbonyl (C=O) groups excluding carboxylic acids is 2. The van der Waals surface area contributed by atoms with Gasteiger partial charge in [-0.1, -0.05) is 59.6 Å². The molecule has 296 valence electrons. The number of hydrogen-bond acceptors (Lipinski definition) is 8. The number of aromatic nitrogens is 4. The summed E-state index contributed by atoms with van der Waals surface area (Å²) in [6.07, 6.45) is 2.26. The third kappa shape index (κ3) is 9.17. The fourth-order valence-corrected chi connectivity index (χ4v) is 7.24. The molecular weight excluding hydrogens is 760 g/mol. The van der Waals surface area contributed by atoms with Crippen LogP contribution in [0.25, 0.3) is 39.0 Å². The SMILES string of the molecule is COc1nc(-c2cccc(-c3cccc(-c4cc5c(=O)n(C)c(CNCC(C)(C)F)nn5c4)c3Cl)c2Cl)ccc1CN(C[C@@H]1CCC(=O)N1)C(=O)OC(C)(C)C. The number of ether oxygens (including phenoxy) is 2. The van der Waals surface area contributed by atoms with Crippen LogP contribution in [0.4, 0.5) is 9.18 Å². The van der Waals surface area contributed by atoms with Crippen molar-refractivity contribution in [3.63, 3.8) is 0 Å². The van der Waals surface area contributed by atoms with E-state index in [1.165, 1.54) is 30.0 Å². The minimum Gasteiger partial charge on any atom is -0.481 e. The summed E-state index contributed by atoms with van der Waals surface area (Å²) in [5, 5.41) is 11.4. The second-order valence-electron chi connectivity index (χ2n) is 15.5. The predicted octanol–water partition coefficient (Wildman–Crippen LogP) is 7.60. The van der Waals surface area contributed by atoms with Crippen molar-refractivity contribution in [1.82, 2.24) is 34.7 Å². The van der Waals surface area contributed by atoms with Crippen LogP contribution >= 0.6 is 23.2 Å². The minimum absolute atomic E-state index is 0.0443. The maximum absolute atomic E-state index is 14.0.